The Kier molecular flexibility index (Phi) is 3.36. The van der Waals surface area contributed by atoms with E-state index in [0.717, 1.165) is 18.4 Å². The van der Waals surface area contributed by atoms with E-state index in [2.05, 4.69) is 9.97 Å². The molecule has 2 aromatic rings. The monoisotopic (exact) mass is 273 g/mol. The summed E-state index contributed by atoms with van der Waals surface area (Å²) in [5, 5.41) is 0. The third kappa shape index (κ3) is 2.63. The summed E-state index contributed by atoms with van der Waals surface area (Å²) in [5.41, 5.74) is 6.98. The summed E-state index contributed by atoms with van der Waals surface area (Å²) < 4.78 is 19.5. The fraction of sp³-hybridized carbons (Fsp3) is 0.333. The van der Waals surface area contributed by atoms with Crippen LogP contribution in [0.15, 0.2) is 36.8 Å². The Morgan fingerprint density at radius 2 is 2.05 bits per heavy atom. The molecule has 1 aliphatic carbocycles. The van der Waals surface area contributed by atoms with E-state index in [9.17, 15) is 4.39 Å². The molecule has 1 aliphatic rings. The molecule has 0 spiro atoms. The Balaban J connectivity index is 1.80. The number of hydrogen-bond donors (Lipinski definition) is 1. The summed E-state index contributed by atoms with van der Waals surface area (Å²) in [4.78, 5) is 7.68. The van der Waals surface area contributed by atoms with Gasteiger partial charge in [-0.1, -0.05) is 0 Å². The van der Waals surface area contributed by atoms with E-state index < -0.39 is 5.95 Å². The maximum Gasteiger partial charge on any atom is 0.220 e. The van der Waals surface area contributed by atoms with Gasteiger partial charge in [-0.15, -0.1) is 0 Å². The zero-order valence-corrected chi connectivity index (χ0v) is 11.1. The lowest BCUT2D eigenvalue weighted by Gasteiger charge is -2.14. The molecule has 20 heavy (non-hydrogen) atoms. The number of aromatic nitrogens is 2. The lowest BCUT2D eigenvalue weighted by molar-refractivity contribution is 0.237. The van der Waals surface area contributed by atoms with E-state index in [1.165, 1.54) is 6.20 Å². The number of ether oxygens (including phenoxy) is 1. The van der Waals surface area contributed by atoms with Crippen LogP contribution in [0.5, 0.6) is 5.75 Å². The molecule has 104 valence electrons. The Bertz CT molecular complexity index is 599. The van der Waals surface area contributed by atoms with E-state index in [-0.39, 0.29) is 5.41 Å². The van der Waals surface area contributed by atoms with Crippen LogP contribution in [0, 0.1) is 11.4 Å². The van der Waals surface area contributed by atoms with Crippen molar-refractivity contribution in [1.82, 2.24) is 9.97 Å². The second-order valence-electron chi connectivity index (χ2n) is 5.24. The van der Waals surface area contributed by atoms with Crippen molar-refractivity contribution in [2.45, 2.75) is 12.8 Å². The molecule has 0 amide bonds. The average Bonchev–Trinajstić information content (AvgIpc) is 3.28. The fourth-order valence-corrected chi connectivity index (χ4v) is 2.06. The van der Waals surface area contributed by atoms with Crippen LogP contribution < -0.4 is 10.5 Å². The highest BCUT2D eigenvalue weighted by atomic mass is 19.1. The second kappa shape index (κ2) is 5.17. The molecule has 1 saturated carbocycles. The minimum absolute atomic E-state index is 0.116. The van der Waals surface area contributed by atoms with Crippen molar-refractivity contribution in [2.24, 2.45) is 11.1 Å². The molecule has 4 nitrogen and oxygen atoms in total. The molecule has 2 heterocycles. The summed E-state index contributed by atoms with van der Waals surface area (Å²) in [5.74, 6) is 0.0569. The van der Waals surface area contributed by atoms with Gasteiger partial charge in [-0.2, -0.15) is 4.39 Å². The number of pyridine rings is 2. The predicted octanol–water partition coefficient (Wildman–Crippen LogP) is 2.40. The second-order valence-corrected chi connectivity index (χ2v) is 5.24. The van der Waals surface area contributed by atoms with Crippen LogP contribution in [-0.4, -0.2) is 23.1 Å². The maximum atomic E-state index is 13.8. The normalized spacial score (nSPS) is 15.9. The number of rotatable bonds is 5. The van der Waals surface area contributed by atoms with Crippen molar-refractivity contribution < 1.29 is 9.13 Å². The largest absolute Gasteiger partial charge is 0.491 e. The molecule has 0 aliphatic heterocycles. The zero-order valence-electron chi connectivity index (χ0n) is 11.1. The minimum atomic E-state index is -0.511. The van der Waals surface area contributed by atoms with Gasteiger partial charge in [0.1, 0.15) is 5.75 Å². The fourth-order valence-electron chi connectivity index (χ4n) is 2.06. The van der Waals surface area contributed by atoms with Gasteiger partial charge in [0.15, 0.2) is 0 Å². The summed E-state index contributed by atoms with van der Waals surface area (Å²) in [7, 11) is 0. The van der Waals surface area contributed by atoms with Crippen LogP contribution in [0.25, 0.3) is 11.1 Å². The molecule has 5 heteroatoms. The van der Waals surface area contributed by atoms with Gasteiger partial charge < -0.3 is 10.5 Å². The summed E-state index contributed by atoms with van der Waals surface area (Å²) in [6.07, 6.45) is 6.84. The molecule has 0 radical (unpaired) electrons. The number of nitrogens with two attached hydrogens (primary N) is 1. The summed E-state index contributed by atoms with van der Waals surface area (Å²) in [6, 6.07) is 5.16. The molecule has 0 saturated heterocycles. The molecule has 0 aromatic carbocycles. The van der Waals surface area contributed by atoms with E-state index in [4.69, 9.17) is 10.5 Å². The molecule has 1 fully saturated rings. The SMILES string of the molecule is NCC1(COc2cnc(F)c(-c3ccncc3)c2)CC1. The quantitative estimate of drug-likeness (QED) is 0.850. The van der Waals surface area contributed by atoms with Gasteiger partial charge in [0.25, 0.3) is 0 Å². The summed E-state index contributed by atoms with van der Waals surface area (Å²) >= 11 is 0. The van der Waals surface area contributed by atoms with Crippen LogP contribution in [0.1, 0.15) is 12.8 Å². The minimum Gasteiger partial charge on any atom is -0.491 e. The lowest BCUT2D eigenvalue weighted by Crippen LogP contribution is -2.22. The van der Waals surface area contributed by atoms with Gasteiger partial charge in [0.05, 0.1) is 12.8 Å². The van der Waals surface area contributed by atoms with Gasteiger partial charge in [-0.05, 0) is 36.6 Å². The van der Waals surface area contributed by atoms with E-state index >= 15 is 0 Å². The average molecular weight is 273 g/mol. The van der Waals surface area contributed by atoms with E-state index in [1.807, 2.05) is 0 Å². The summed E-state index contributed by atoms with van der Waals surface area (Å²) in [6.45, 7) is 1.19. The van der Waals surface area contributed by atoms with Crippen LogP contribution in [-0.2, 0) is 0 Å². The molecule has 2 N–H and O–H groups in total. The number of halogens is 1. The van der Waals surface area contributed by atoms with Gasteiger partial charge in [0, 0.05) is 29.9 Å². The highest BCUT2D eigenvalue weighted by Crippen LogP contribution is 2.44. The van der Waals surface area contributed by atoms with Crippen LogP contribution in [0.3, 0.4) is 0 Å². The predicted molar refractivity (Wildman–Crippen MR) is 73.6 cm³/mol. The van der Waals surface area contributed by atoms with Crippen molar-refractivity contribution in [2.75, 3.05) is 13.2 Å². The van der Waals surface area contributed by atoms with E-state index in [0.29, 0.717) is 24.5 Å². The van der Waals surface area contributed by atoms with Crippen molar-refractivity contribution in [3.05, 3.63) is 42.7 Å². The number of hydrogen-bond acceptors (Lipinski definition) is 4. The van der Waals surface area contributed by atoms with Crippen LogP contribution >= 0.6 is 0 Å². The molecule has 0 atom stereocenters. The first kappa shape index (κ1) is 13.0. The van der Waals surface area contributed by atoms with Gasteiger partial charge >= 0.3 is 0 Å². The molecule has 0 unspecified atom stereocenters. The van der Waals surface area contributed by atoms with Gasteiger partial charge in [-0.25, -0.2) is 4.98 Å². The smallest absolute Gasteiger partial charge is 0.220 e. The first-order valence-electron chi connectivity index (χ1n) is 6.61. The standard InChI is InChI=1S/C15H16FN3O/c16-14-13(11-1-5-18-6-2-11)7-12(8-19-14)20-10-15(9-17)3-4-15/h1-2,5-8H,3-4,9-10,17H2. The Morgan fingerprint density at radius 1 is 1.30 bits per heavy atom. The topological polar surface area (TPSA) is 61.0 Å². The molecule has 2 aromatic heterocycles. The highest BCUT2D eigenvalue weighted by molar-refractivity contribution is 5.63. The first-order chi connectivity index (χ1) is 9.72. The molecule has 0 bridgehead atoms. The Labute approximate surface area is 116 Å². The van der Waals surface area contributed by atoms with Crippen molar-refractivity contribution >= 4 is 0 Å². The molecular weight excluding hydrogens is 257 g/mol. The molecular formula is C15H16FN3O. The Hall–Kier alpha value is -2.01. The first-order valence-corrected chi connectivity index (χ1v) is 6.61. The third-order valence-electron chi connectivity index (χ3n) is 3.74. The van der Waals surface area contributed by atoms with Crippen molar-refractivity contribution in [3.63, 3.8) is 0 Å². The van der Waals surface area contributed by atoms with Crippen LogP contribution in [0.2, 0.25) is 0 Å². The Morgan fingerprint density at radius 3 is 2.70 bits per heavy atom. The molecule has 3 rings (SSSR count). The lowest BCUT2D eigenvalue weighted by atomic mass is 10.1. The van der Waals surface area contributed by atoms with E-state index in [1.54, 1.807) is 30.6 Å². The third-order valence-corrected chi connectivity index (χ3v) is 3.74. The van der Waals surface area contributed by atoms with Crippen molar-refractivity contribution in [1.29, 1.82) is 0 Å². The number of nitrogens with zero attached hydrogens (tertiary/aromatic N) is 2. The van der Waals surface area contributed by atoms with Crippen LogP contribution in [0.4, 0.5) is 4.39 Å². The zero-order chi connectivity index (χ0) is 14.0. The van der Waals surface area contributed by atoms with Gasteiger partial charge in [0.2, 0.25) is 5.95 Å². The maximum absolute atomic E-state index is 13.8. The highest BCUT2D eigenvalue weighted by Gasteiger charge is 2.42. The van der Waals surface area contributed by atoms with Crippen molar-refractivity contribution in [3.8, 4) is 16.9 Å². The van der Waals surface area contributed by atoms with Gasteiger partial charge in [-0.3, -0.25) is 4.98 Å².